The SMILES string of the molecule is CNC(c1ccc(CC(C)C)cc1)c1coc(C)c1. The smallest absolute Gasteiger partial charge is 0.101 e. The number of benzene rings is 1. The van der Waals surface area contributed by atoms with E-state index in [1.165, 1.54) is 16.7 Å². The molecule has 1 N–H and O–H groups in total. The number of nitrogens with one attached hydrogen (secondary N) is 1. The molecule has 0 saturated carbocycles. The van der Waals surface area contributed by atoms with Crippen molar-refractivity contribution in [2.24, 2.45) is 5.92 Å². The molecule has 0 aliphatic heterocycles. The van der Waals surface area contributed by atoms with E-state index < -0.39 is 0 Å². The molecule has 2 rings (SSSR count). The summed E-state index contributed by atoms with van der Waals surface area (Å²) in [4.78, 5) is 0. The molecule has 0 radical (unpaired) electrons. The second kappa shape index (κ2) is 6.07. The monoisotopic (exact) mass is 257 g/mol. The Balaban J connectivity index is 2.19. The highest BCUT2D eigenvalue weighted by molar-refractivity contribution is 5.32. The minimum atomic E-state index is 0.200. The minimum absolute atomic E-state index is 0.200. The molecular weight excluding hydrogens is 234 g/mol. The van der Waals surface area contributed by atoms with Crippen LogP contribution in [0.1, 0.15) is 42.3 Å². The summed E-state index contributed by atoms with van der Waals surface area (Å²) in [6.45, 7) is 6.47. The lowest BCUT2D eigenvalue weighted by molar-refractivity contribution is 0.528. The number of rotatable bonds is 5. The molecule has 1 aromatic carbocycles. The highest BCUT2D eigenvalue weighted by atomic mass is 16.3. The first kappa shape index (κ1) is 13.9. The van der Waals surface area contributed by atoms with Gasteiger partial charge in [0.25, 0.3) is 0 Å². The van der Waals surface area contributed by atoms with Crippen LogP contribution in [-0.4, -0.2) is 7.05 Å². The summed E-state index contributed by atoms with van der Waals surface area (Å²) in [6, 6.07) is 11.2. The van der Waals surface area contributed by atoms with Crippen LogP contribution in [0.2, 0.25) is 0 Å². The second-order valence-electron chi connectivity index (χ2n) is 5.55. The molecule has 0 spiro atoms. The van der Waals surface area contributed by atoms with Crippen molar-refractivity contribution in [1.29, 1.82) is 0 Å². The number of furan rings is 1. The van der Waals surface area contributed by atoms with Gasteiger partial charge in [-0.15, -0.1) is 0 Å². The van der Waals surface area contributed by atoms with Gasteiger partial charge >= 0.3 is 0 Å². The first-order chi connectivity index (χ1) is 9.10. The third-order valence-electron chi connectivity index (χ3n) is 3.33. The van der Waals surface area contributed by atoms with E-state index in [1.807, 2.05) is 20.2 Å². The fourth-order valence-electron chi connectivity index (χ4n) is 2.46. The molecule has 2 heteroatoms. The van der Waals surface area contributed by atoms with Gasteiger partial charge in [0, 0.05) is 5.56 Å². The van der Waals surface area contributed by atoms with Crippen molar-refractivity contribution in [1.82, 2.24) is 5.32 Å². The van der Waals surface area contributed by atoms with Gasteiger partial charge in [0.15, 0.2) is 0 Å². The third-order valence-corrected chi connectivity index (χ3v) is 3.33. The predicted molar refractivity (Wildman–Crippen MR) is 79.3 cm³/mol. The standard InChI is InChI=1S/C17H23NO/c1-12(2)9-14-5-7-15(8-6-14)17(18-4)16-10-13(3)19-11-16/h5-8,10-12,17-18H,9H2,1-4H3. The Kier molecular flexibility index (Phi) is 4.43. The van der Waals surface area contributed by atoms with Crippen LogP contribution in [0.5, 0.6) is 0 Å². The molecule has 1 aromatic heterocycles. The van der Waals surface area contributed by atoms with Crippen LogP contribution in [0, 0.1) is 12.8 Å². The maximum absolute atomic E-state index is 5.41. The van der Waals surface area contributed by atoms with Gasteiger partial charge in [-0.05, 0) is 43.5 Å². The molecule has 1 unspecified atom stereocenters. The van der Waals surface area contributed by atoms with E-state index in [-0.39, 0.29) is 6.04 Å². The zero-order valence-corrected chi connectivity index (χ0v) is 12.2. The fourth-order valence-corrected chi connectivity index (χ4v) is 2.46. The van der Waals surface area contributed by atoms with Crippen molar-refractivity contribution >= 4 is 0 Å². The van der Waals surface area contributed by atoms with E-state index in [0.29, 0.717) is 5.92 Å². The highest BCUT2D eigenvalue weighted by Crippen LogP contribution is 2.24. The molecule has 0 fully saturated rings. The van der Waals surface area contributed by atoms with Crippen molar-refractivity contribution < 1.29 is 4.42 Å². The molecule has 0 aliphatic carbocycles. The fraction of sp³-hybridized carbons (Fsp3) is 0.412. The second-order valence-corrected chi connectivity index (χ2v) is 5.55. The molecule has 102 valence electrons. The Hall–Kier alpha value is -1.54. The Morgan fingerprint density at radius 2 is 1.79 bits per heavy atom. The molecule has 1 heterocycles. The van der Waals surface area contributed by atoms with Gasteiger partial charge in [-0.25, -0.2) is 0 Å². The van der Waals surface area contributed by atoms with Crippen LogP contribution in [0.25, 0.3) is 0 Å². The number of hydrogen-bond donors (Lipinski definition) is 1. The number of hydrogen-bond acceptors (Lipinski definition) is 2. The largest absolute Gasteiger partial charge is 0.469 e. The van der Waals surface area contributed by atoms with E-state index in [9.17, 15) is 0 Å². The molecule has 2 aromatic rings. The third kappa shape index (κ3) is 3.48. The van der Waals surface area contributed by atoms with Gasteiger partial charge in [-0.2, -0.15) is 0 Å². The summed E-state index contributed by atoms with van der Waals surface area (Å²) in [5.41, 5.74) is 3.85. The summed E-state index contributed by atoms with van der Waals surface area (Å²) < 4.78 is 5.41. The predicted octanol–water partition coefficient (Wildman–Crippen LogP) is 4.10. The first-order valence-corrected chi connectivity index (χ1v) is 6.91. The van der Waals surface area contributed by atoms with Crippen LogP contribution >= 0.6 is 0 Å². The van der Waals surface area contributed by atoms with Crippen molar-refractivity contribution in [2.75, 3.05) is 7.05 Å². The average molecular weight is 257 g/mol. The van der Waals surface area contributed by atoms with Crippen LogP contribution < -0.4 is 5.32 Å². The van der Waals surface area contributed by atoms with E-state index in [2.05, 4.69) is 49.5 Å². The van der Waals surface area contributed by atoms with Crippen molar-refractivity contribution in [2.45, 2.75) is 33.2 Å². The molecular formula is C17H23NO. The summed E-state index contributed by atoms with van der Waals surface area (Å²) >= 11 is 0. The van der Waals surface area contributed by atoms with Crippen molar-refractivity contribution in [3.05, 3.63) is 59.0 Å². The molecule has 0 amide bonds. The molecule has 19 heavy (non-hydrogen) atoms. The van der Waals surface area contributed by atoms with Crippen LogP contribution in [0.15, 0.2) is 41.0 Å². The van der Waals surface area contributed by atoms with Gasteiger partial charge in [-0.3, -0.25) is 0 Å². The van der Waals surface area contributed by atoms with E-state index in [1.54, 1.807) is 0 Å². The van der Waals surface area contributed by atoms with E-state index in [0.717, 1.165) is 12.2 Å². The quantitative estimate of drug-likeness (QED) is 0.872. The Morgan fingerprint density at radius 3 is 2.26 bits per heavy atom. The van der Waals surface area contributed by atoms with E-state index in [4.69, 9.17) is 4.42 Å². The Morgan fingerprint density at radius 1 is 1.11 bits per heavy atom. The molecule has 0 aliphatic rings. The van der Waals surface area contributed by atoms with Crippen LogP contribution in [0.3, 0.4) is 0 Å². The zero-order chi connectivity index (χ0) is 13.8. The highest BCUT2D eigenvalue weighted by Gasteiger charge is 2.14. The van der Waals surface area contributed by atoms with Crippen LogP contribution in [-0.2, 0) is 6.42 Å². The van der Waals surface area contributed by atoms with Gasteiger partial charge in [0.1, 0.15) is 5.76 Å². The lowest BCUT2D eigenvalue weighted by Crippen LogP contribution is -2.17. The molecule has 2 nitrogen and oxygen atoms in total. The Bertz CT molecular complexity index is 510. The van der Waals surface area contributed by atoms with E-state index >= 15 is 0 Å². The van der Waals surface area contributed by atoms with Crippen LogP contribution in [0.4, 0.5) is 0 Å². The van der Waals surface area contributed by atoms with Gasteiger partial charge in [0.05, 0.1) is 12.3 Å². The molecule has 1 atom stereocenters. The normalized spacial score (nSPS) is 12.9. The minimum Gasteiger partial charge on any atom is -0.469 e. The molecule has 0 bridgehead atoms. The average Bonchev–Trinajstić information content (AvgIpc) is 2.78. The topological polar surface area (TPSA) is 25.2 Å². The number of aryl methyl sites for hydroxylation is 1. The van der Waals surface area contributed by atoms with Gasteiger partial charge < -0.3 is 9.73 Å². The Labute approximate surface area is 115 Å². The van der Waals surface area contributed by atoms with Gasteiger partial charge in [0.2, 0.25) is 0 Å². The summed E-state index contributed by atoms with van der Waals surface area (Å²) in [5, 5.41) is 3.35. The summed E-state index contributed by atoms with van der Waals surface area (Å²) in [6.07, 6.45) is 2.97. The van der Waals surface area contributed by atoms with Crippen molar-refractivity contribution in [3.63, 3.8) is 0 Å². The van der Waals surface area contributed by atoms with Crippen molar-refractivity contribution in [3.8, 4) is 0 Å². The summed E-state index contributed by atoms with van der Waals surface area (Å²) in [7, 11) is 1.98. The maximum Gasteiger partial charge on any atom is 0.101 e. The lowest BCUT2D eigenvalue weighted by Gasteiger charge is -2.15. The zero-order valence-electron chi connectivity index (χ0n) is 12.2. The van der Waals surface area contributed by atoms with Gasteiger partial charge in [-0.1, -0.05) is 38.1 Å². The maximum atomic E-state index is 5.41. The lowest BCUT2D eigenvalue weighted by atomic mass is 9.97. The first-order valence-electron chi connectivity index (χ1n) is 6.91. The molecule has 0 saturated heterocycles. The summed E-state index contributed by atoms with van der Waals surface area (Å²) in [5.74, 6) is 1.65.